The number of ether oxygens (including phenoxy) is 2. The van der Waals surface area contributed by atoms with E-state index in [0.29, 0.717) is 24.2 Å². The van der Waals surface area contributed by atoms with Crippen molar-refractivity contribution >= 4 is 5.91 Å². The smallest absolute Gasteiger partial charge is 0.288 e. The van der Waals surface area contributed by atoms with E-state index >= 15 is 0 Å². The second-order valence-corrected chi connectivity index (χ2v) is 8.33. The lowest BCUT2D eigenvalue weighted by molar-refractivity contribution is -0.181. The monoisotopic (exact) mass is 379 g/mol. The molecular formula is C22H37NO4. The molecule has 2 aliphatic heterocycles. The van der Waals surface area contributed by atoms with Crippen LogP contribution in [0.5, 0.6) is 0 Å². The number of aliphatic hydroxyl groups excluding tert-OH is 1. The van der Waals surface area contributed by atoms with E-state index in [4.69, 9.17) is 9.47 Å². The highest BCUT2D eigenvalue weighted by atomic mass is 16.7. The second kappa shape index (κ2) is 10.5. The van der Waals surface area contributed by atoms with Crippen molar-refractivity contribution in [3.05, 3.63) is 11.8 Å². The van der Waals surface area contributed by atoms with E-state index in [0.717, 1.165) is 38.8 Å². The molecule has 5 nitrogen and oxygen atoms in total. The zero-order valence-electron chi connectivity index (χ0n) is 16.9. The van der Waals surface area contributed by atoms with Crippen LogP contribution in [-0.2, 0) is 14.3 Å². The van der Waals surface area contributed by atoms with E-state index in [1.807, 2.05) is 11.8 Å². The molecule has 0 bridgehead atoms. The molecule has 1 aliphatic carbocycles. The molecular weight excluding hydrogens is 342 g/mol. The van der Waals surface area contributed by atoms with Crippen molar-refractivity contribution in [3.63, 3.8) is 0 Å². The lowest BCUT2D eigenvalue weighted by Crippen LogP contribution is -2.44. The van der Waals surface area contributed by atoms with Gasteiger partial charge in [0, 0.05) is 32.2 Å². The van der Waals surface area contributed by atoms with Gasteiger partial charge in [-0.05, 0) is 63.4 Å². The van der Waals surface area contributed by atoms with E-state index in [9.17, 15) is 9.90 Å². The molecule has 1 saturated carbocycles. The number of hydrogen-bond acceptors (Lipinski definition) is 4. The lowest BCUT2D eigenvalue weighted by Gasteiger charge is -2.43. The van der Waals surface area contributed by atoms with Crippen molar-refractivity contribution in [3.8, 4) is 0 Å². The summed E-state index contributed by atoms with van der Waals surface area (Å²) in [5, 5.41) is 9.31. The SMILES string of the molecule is CCO[C@H]1OC(C(=O)N2CCCCCCC2)=C[C@@H](C2CCC2)[C@@H]1CCCO. The van der Waals surface area contributed by atoms with Crippen LogP contribution in [0.2, 0.25) is 0 Å². The maximum absolute atomic E-state index is 13.2. The molecule has 27 heavy (non-hydrogen) atoms. The van der Waals surface area contributed by atoms with Gasteiger partial charge in [-0.2, -0.15) is 0 Å². The predicted molar refractivity (Wildman–Crippen MR) is 105 cm³/mol. The van der Waals surface area contributed by atoms with Crippen molar-refractivity contribution in [2.75, 3.05) is 26.3 Å². The van der Waals surface area contributed by atoms with Crippen LogP contribution in [0.25, 0.3) is 0 Å². The number of allylic oxidation sites excluding steroid dienone is 1. The number of rotatable bonds is 7. The van der Waals surface area contributed by atoms with Crippen molar-refractivity contribution in [1.29, 1.82) is 0 Å². The summed E-state index contributed by atoms with van der Waals surface area (Å²) < 4.78 is 12.1. The van der Waals surface area contributed by atoms with Gasteiger partial charge in [-0.15, -0.1) is 0 Å². The van der Waals surface area contributed by atoms with Gasteiger partial charge in [-0.25, -0.2) is 0 Å². The number of nitrogens with zero attached hydrogens (tertiary/aromatic N) is 1. The number of hydrogen-bond donors (Lipinski definition) is 1. The normalized spacial score (nSPS) is 29.9. The zero-order valence-corrected chi connectivity index (χ0v) is 16.9. The summed E-state index contributed by atoms with van der Waals surface area (Å²) in [6.07, 6.45) is 13.0. The highest BCUT2D eigenvalue weighted by molar-refractivity contribution is 5.91. The minimum atomic E-state index is -0.370. The van der Waals surface area contributed by atoms with Gasteiger partial charge < -0.3 is 19.5 Å². The van der Waals surface area contributed by atoms with Crippen molar-refractivity contribution in [2.45, 2.75) is 77.4 Å². The topological polar surface area (TPSA) is 59.0 Å². The fourth-order valence-electron chi connectivity index (χ4n) is 4.75. The maximum Gasteiger partial charge on any atom is 0.288 e. The second-order valence-electron chi connectivity index (χ2n) is 8.33. The van der Waals surface area contributed by atoms with Gasteiger partial charge in [-0.3, -0.25) is 4.79 Å². The summed E-state index contributed by atoms with van der Waals surface area (Å²) in [6.45, 7) is 4.41. The van der Waals surface area contributed by atoms with E-state index < -0.39 is 0 Å². The van der Waals surface area contributed by atoms with E-state index in [2.05, 4.69) is 6.08 Å². The Labute approximate surface area is 164 Å². The molecule has 0 radical (unpaired) electrons. The van der Waals surface area contributed by atoms with Crippen LogP contribution in [-0.4, -0.2) is 48.5 Å². The van der Waals surface area contributed by atoms with Gasteiger partial charge in [0.15, 0.2) is 5.76 Å². The summed E-state index contributed by atoms with van der Waals surface area (Å²) in [7, 11) is 0. The van der Waals surface area contributed by atoms with Crippen LogP contribution in [0.15, 0.2) is 11.8 Å². The Morgan fingerprint density at radius 1 is 1.19 bits per heavy atom. The first-order chi connectivity index (χ1) is 13.2. The van der Waals surface area contributed by atoms with Crippen LogP contribution in [0.4, 0.5) is 0 Å². The standard InChI is InChI=1S/C22H37NO4/c1-2-26-22-18(12-9-15-24)19(17-10-8-11-17)16-20(27-22)21(25)23-13-6-4-3-5-7-14-23/h16-19,22,24H,2-15H2,1H3/t18-,19-,22-/m0/s1. The van der Waals surface area contributed by atoms with Gasteiger partial charge in [0.05, 0.1) is 0 Å². The summed E-state index contributed by atoms with van der Waals surface area (Å²) >= 11 is 0. The van der Waals surface area contributed by atoms with Gasteiger partial charge in [-0.1, -0.05) is 25.7 Å². The zero-order chi connectivity index (χ0) is 19.1. The van der Waals surface area contributed by atoms with E-state index in [-0.39, 0.29) is 24.7 Å². The van der Waals surface area contributed by atoms with Crippen LogP contribution in [0.1, 0.15) is 71.1 Å². The highest BCUT2D eigenvalue weighted by Gasteiger charge is 2.42. The third-order valence-corrected chi connectivity index (χ3v) is 6.51. The summed E-state index contributed by atoms with van der Waals surface area (Å²) in [5.74, 6) is 1.73. The number of carbonyl (C=O) groups is 1. The maximum atomic E-state index is 13.2. The molecule has 154 valence electrons. The fourth-order valence-corrected chi connectivity index (χ4v) is 4.75. The highest BCUT2D eigenvalue weighted by Crippen LogP contribution is 2.44. The Kier molecular flexibility index (Phi) is 8.01. The Bertz CT molecular complexity index is 495. The van der Waals surface area contributed by atoms with Gasteiger partial charge in [0.25, 0.3) is 5.91 Å². The number of carbonyl (C=O) groups excluding carboxylic acids is 1. The third kappa shape index (κ3) is 5.26. The average molecular weight is 380 g/mol. The third-order valence-electron chi connectivity index (χ3n) is 6.51. The van der Waals surface area contributed by atoms with Crippen LogP contribution in [0, 0.1) is 17.8 Å². The average Bonchev–Trinajstić information content (AvgIpc) is 2.59. The van der Waals surface area contributed by atoms with Gasteiger partial charge >= 0.3 is 0 Å². The molecule has 3 atom stereocenters. The van der Waals surface area contributed by atoms with Crippen molar-refractivity contribution in [1.82, 2.24) is 4.90 Å². The van der Waals surface area contributed by atoms with Crippen LogP contribution in [0.3, 0.4) is 0 Å². The predicted octanol–water partition coefficient (Wildman–Crippen LogP) is 3.86. The Morgan fingerprint density at radius 3 is 2.48 bits per heavy atom. The first-order valence-corrected chi connectivity index (χ1v) is 11.1. The molecule has 2 heterocycles. The quantitative estimate of drug-likeness (QED) is 0.730. The van der Waals surface area contributed by atoms with E-state index in [1.54, 1.807) is 0 Å². The molecule has 1 saturated heterocycles. The molecule has 0 aromatic rings. The van der Waals surface area contributed by atoms with Crippen molar-refractivity contribution < 1.29 is 19.4 Å². The molecule has 1 N–H and O–H groups in total. The fraction of sp³-hybridized carbons (Fsp3) is 0.864. The van der Waals surface area contributed by atoms with Gasteiger partial charge in [0.1, 0.15) is 0 Å². The molecule has 0 spiro atoms. The minimum absolute atomic E-state index is 0.0477. The van der Waals surface area contributed by atoms with Crippen molar-refractivity contribution in [2.24, 2.45) is 17.8 Å². The summed E-state index contributed by atoms with van der Waals surface area (Å²) in [6, 6.07) is 0. The Balaban J connectivity index is 1.77. The largest absolute Gasteiger partial charge is 0.459 e. The molecule has 0 unspecified atom stereocenters. The summed E-state index contributed by atoms with van der Waals surface area (Å²) in [5.41, 5.74) is 0. The molecule has 2 fully saturated rings. The van der Waals surface area contributed by atoms with Gasteiger partial charge in [0.2, 0.25) is 6.29 Å². The summed E-state index contributed by atoms with van der Waals surface area (Å²) in [4.78, 5) is 15.2. The van der Waals surface area contributed by atoms with Crippen LogP contribution < -0.4 is 0 Å². The molecule has 3 rings (SSSR count). The number of likely N-dealkylation sites (tertiary alicyclic amines) is 1. The molecule has 3 aliphatic rings. The number of aliphatic hydroxyl groups is 1. The number of amides is 1. The molecule has 1 amide bonds. The first-order valence-electron chi connectivity index (χ1n) is 11.1. The van der Waals surface area contributed by atoms with Crippen LogP contribution >= 0.6 is 0 Å². The first kappa shape index (κ1) is 20.7. The molecule has 0 aromatic heterocycles. The molecule has 0 aromatic carbocycles. The molecule has 5 heteroatoms. The Hall–Kier alpha value is -1.07. The Morgan fingerprint density at radius 2 is 1.89 bits per heavy atom. The van der Waals surface area contributed by atoms with E-state index in [1.165, 1.54) is 38.5 Å². The minimum Gasteiger partial charge on any atom is -0.459 e. The lowest BCUT2D eigenvalue weighted by atomic mass is 9.68.